The van der Waals surface area contributed by atoms with Crippen molar-refractivity contribution in [2.75, 3.05) is 112 Å². The van der Waals surface area contributed by atoms with E-state index in [4.69, 9.17) is 33.2 Å². The zero-order valence-electron chi connectivity index (χ0n) is 76.0. The monoisotopic (exact) mass is 1840 g/mol. The maximum Gasteiger partial charge on any atom is 0.255 e. The molecule has 134 heavy (non-hydrogen) atoms. The first-order valence-electron chi connectivity index (χ1n) is 46.6. The molecule has 0 bridgehead atoms. The fraction of sp³-hybridized carbons (Fsp3) is 0.452. The van der Waals surface area contributed by atoms with E-state index >= 15 is 0 Å². The SMILES string of the molecule is COc1cccc(OC2C[C@@H]3CN(CC(=O)c4ccc(O)cn4)C[C@@H]3C2)c1.COc1cccc(OC2C[C@@H]3CN(CC(O)c4ccc(O)cn4)C[C@@H]3C2)c1.Cc1ccc(OC2C[C@@H]3CN(CC(=O)c4ccc(O)c(F)n4)C[C@@H]3C2)cc1.Cc1ccc(OC2C[C@@H]3CN(CC(O)c4ccc(O)c(F)n4)C[C@@H]3C2)cc1.Oc1ccc(C(O)CN2C[C@H]3CC(Oc4cccnc4)C[C@H]3C2)cc1F. The van der Waals surface area contributed by atoms with Gasteiger partial charge in [0.25, 0.3) is 11.9 Å². The zero-order valence-corrected chi connectivity index (χ0v) is 76.0. The summed E-state index contributed by atoms with van der Waals surface area (Å²) in [6.45, 7) is 15.4. The number of ketones is 2. The van der Waals surface area contributed by atoms with Crippen molar-refractivity contribution in [3.05, 3.63) is 258 Å². The highest BCUT2D eigenvalue weighted by Gasteiger charge is 2.48. The molecule has 10 heterocycles. The van der Waals surface area contributed by atoms with E-state index in [-0.39, 0.29) is 71.5 Å². The number of aromatic hydroxyl groups is 5. The molecule has 0 amide bonds. The minimum atomic E-state index is -1.00. The van der Waals surface area contributed by atoms with Crippen LogP contribution in [0.2, 0.25) is 0 Å². The van der Waals surface area contributed by atoms with E-state index in [9.17, 15) is 63.6 Å². The van der Waals surface area contributed by atoms with Crippen molar-refractivity contribution >= 4 is 11.6 Å². The number of methoxy groups -OCH3 is 2. The lowest BCUT2D eigenvalue weighted by molar-refractivity contribution is 0.0922. The Bertz CT molecular complexity index is 5470. The van der Waals surface area contributed by atoms with Crippen LogP contribution in [0.1, 0.15) is 132 Å². The molecule has 5 aliphatic carbocycles. The number of aryl methyl sites for hydroxylation is 2. The van der Waals surface area contributed by atoms with Gasteiger partial charge in [0.15, 0.2) is 34.6 Å². The molecule has 5 saturated carbocycles. The molecular formula is C104H121F3N10O17. The Hall–Kier alpha value is -11.7. The van der Waals surface area contributed by atoms with Crippen molar-refractivity contribution in [1.29, 1.82) is 0 Å². The van der Waals surface area contributed by atoms with E-state index in [1.54, 1.807) is 50.9 Å². The highest BCUT2D eigenvalue weighted by atomic mass is 19.1. The summed E-state index contributed by atoms with van der Waals surface area (Å²) in [7, 11) is 3.32. The van der Waals surface area contributed by atoms with Crippen LogP contribution in [-0.2, 0) is 0 Å². The summed E-state index contributed by atoms with van der Waals surface area (Å²) in [5.74, 6) is 7.57. The number of benzene rings is 5. The fourth-order valence-corrected chi connectivity index (χ4v) is 21.5. The summed E-state index contributed by atoms with van der Waals surface area (Å²) >= 11 is 0. The van der Waals surface area contributed by atoms with Gasteiger partial charge < -0.3 is 74.0 Å². The first-order valence-corrected chi connectivity index (χ1v) is 46.6. The Labute approximate surface area is 779 Å². The van der Waals surface area contributed by atoms with E-state index < -0.39 is 53.3 Å². The van der Waals surface area contributed by atoms with E-state index in [0.717, 1.165) is 170 Å². The van der Waals surface area contributed by atoms with Gasteiger partial charge >= 0.3 is 0 Å². The number of likely N-dealkylation sites (tertiary alicyclic amines) is 5. The Morgan fingerprint density at radius 2 is 0.716 bits per heavy atom. The molecule has 10 aliphatic rings. The van der Waals surface area contributed by atoms with Crippen LogP contribution in [0.4, 0.5) is 13.2 Å². The maximum absolute atomic E-state index is 13.5. The lowest BCUT2D eigenvalue weighted by Crippen LogP contribution is -2.30. The van der Waals surface area contributed by atoms with Gasteiger partial charge in [-0.05, 0) is 264 Å². The van der Waals surface area contributed by atoms with Gasteiger partial charge in [0, 0.05) is 103 Å². The number of carbonyl (C=O) groups excluding carboxylic acids is 2. The van der Waals surface area contributed by atoms with Crippen LogP contribution < -0.4 is 33.2 Å². The molecule has 20 rings (SSSR count). The second-order valence-electron chi connectivity index (χ2n) is 37.9. The molecule has 8 N–H and O–H groups in total. The Balaban J connectivity index is 0.000000122. The van der Waals surface area contributed by atoms with Crippen LogP contribution in [0.25, 0.3) is 0 Å². The molecule has 10 aromatic rings. The van der Waals surface area contributed by atoms with E-state index in [0.29, 0.717) is 102 Å². The Morgan fingerprint density at radius 3 is 1.11 bits per heavy atom. The third-order valence-electron chi connectivity index (χ3n) is 28.0. The standard InChI is InChI=1S/C21H25FN2O3.C21H23FN2O3.C21H26N2O4.C21H24N2O4.C20H23FN2O3/c2*1-13-2-4-16(5-3-13)27-17-8-14-10-24(11-15(14)9-17)12-20(26)18-6-7-19(25)21(22)23-18;2*1-26-17-3-2-4-18(9-17)27-19-7-14-11-23(12-15(14)8-19)13-21(25)20-6-5-16(24)10-22-20;21-18-8-13(3-4-19(18)24)20(25)12-23-10-14-6-17(7-15(14)11-23)26-16-2-1-5-22-9-16/h2-7,14-15,17,20,25-26H,8-12H2,1H3;2-7,14-15,17,25H,8-12H2,1H3;2-6,9-10,14-15,19,21,24-25H,7-8,11-13H2,1H3;2-6,9-10,14-15,19,24H,7-8,11-13H2,1H3;1-5,8-9,14-15,17,20,24-25H,6-7,10-12H2/t14-,15+,17?,20?;14-,15+,17?;14-,15+,19?,21?;14-,15+,19?;14-,15+,17?,20?. The van der Waals surface area contributed by atoms with Crippen LogP contribution in [0.5, 0.6) is 69.0 Å². The summed E-state index contributed by atoms with van der Waals surface area (Å²) in [5.41, 5.74) is 4.26. The summed E-state index contributed by atoms with van der Waals surface area (Å²) < 4.78 is 81.3. The van der Waals surface area contributed by atoms with E-state index in [1.807, 2.05) is 84.9 Å². The third kappa shape index (κ3) is 25.4. The third-order valence-corrected chi connectivity index (χ3v) is 28.0. The number of rotatable bonds is 27. The van der Waals surface area contributed by atoms with Gasteiger partial charge in [-0.15, -0.1) is 0 Å². The maximum atomic E-state index is 13.5. The molecule has 710 valence electrons. The van der Waals surface area contributed by atoms with Gasteiger partial charge in [0.1, 0.15) is 75.3 Å². The van der Waals surface area contributed by atoms with Gasteiger partial charge in [0.2, 0.25) is 0 Å². The van der Waals surface area contributed by atoms with Crippen molar-refractivity contribution in [2.45, 2.75) is 127 Å². The molecule has 18 atom stereocenters. The van der Waals surface area contributed by atoms with Crippen LogP contribution in [0, 0.1) is 90.7 Å². The molecule has 0 spiro atoms. The molecular weight excluding hydrogens is 1720 g/mol. The first kappa shape index (κ1) is 95.4. The molecule has 5 aromatic carbocycles. The second kappa shape index (κ2) is 44.2. The van der Waals surface area contributed by atoms with Gasteiger partial charge in [-0.25, -0.2) is 19.3 Å². The summed E-state index contributed by atoms with van der Waals surface area (Å²) in [6.07, 6.45) is 15.3. The lowest BCUT2D eigenvalue weighted by atomic mass is 10.0. The van der Waals surface area contributed by atoms with E-state index in [1.165, 1.54) is 66.0 Å². The normalized spacial score (nSPS) is 25.6. The number of hydrogen-bond donors (Lipinski definition) is 8. The minimum Gasteiger partial charge on any atom is -0.506 e. The quantitative estimate of drug-likeness (QED) is 0.0175. The van der Waals surface area contributed by atoms with Gasteiger partial charge in [-0.3, -0.25) is 44.1 Å². The predicted molar refractivity (Wildman–Crippen MR) is 493 cm³/mol. The van der Waals surface area contributed by atoms with Crippen LogP contribution in [-0.4, -0.2) is 245 Å². The fourth-order valence-electron chi connectivity index (χ4n) is 21.5. The predicted octanol–water partition coefficient (Wildman–Crippen LogP) is 14.4. The Morgan fingerprint density at radius 1 is 0.358 bits per heavy atom. The number of aliphatic hydroxyl groups is 3. The van der Waals surface area contributed by atoms with Crippen molar-refractivity contribution in [2.24, 2.45) is 59.2 Å². The van der Waals surface area contributed by atoms with E-state index in [2.05, 4.69) is 87.5 Å². The smallest absolute Gasteiger partial charge is 0.255 e. The molecule has 8 unspecified atom stereocenters. The average molecular weight is 1840 g/mol. The number of carbonyl (C=O) groups is 2. The number of phenolic OH excluding ortho intramolecular Hbond substituents is 1. The van der Waals surface area contributed by atoms with Crippen molar-refractivity contribution in [1.82, 2.24) is 49.4 Å². The molecule has 0 radical (unpaired) electrons. The highest BCUT2D eigenvalue weighted by Crippen LogP contribution is 2.46. The zero-order chi connectivity index (χ0) is 93.6. The number of phenols is 1. The largest absolute Gasteiger partial charge is 0.506 e. The number of aliphatic hydroxyl groups excluding tert-OH is 3. The lowest BCUT2D eigenvalue weighted by Gasteiger charge is -2.22. The highest BCUT2D eigenvalue weighted by molar-refractivity contribution is 5.96. The molecule has 5 aromatic heterocycles. The van der Waals surface area contributed by atoms with Crippen LogP contribution in [0.15, 0.2) is 201 Å². The van der Waals surface area contributed by atoms with Crippen molar-refractivity contribution in [3.63, 3.8) is 0 Å². The average Bonchev–Trinajstić information content (AvgIpc) is 1.65. The number of ether oxygens (including phenoxy) is 7. The summed E-state index contributed by atoms with van der Waals surface area (Å²) in [6, 6.07) is 51.2. The molecule has 27 nitrogen and oxygen atoms in total. The molecule has 10 fully saturated rings. The molecule has 5 aliphatic heterocycles. The van der Waals surface area contributed by atoms with Crippen LogP contribution >= 0.6 is 0 Å². The number of fused-ring (bicyclic) bond motifs is 5. The van der Waals surface area contributed by atoms with Crippen molar-refractivity contribution in [3.8, 4) is 69.0 Å². The van der Waals surface area contributed by atoms with Crippen molar-refractivity contribution < 1.29 is 96.8 Å². The number of aromatic nitrogens is 5. The first-order chi connectivity index (χ1) is 64.7. The van der Waals surface area contributed by atoms with Crippen LogP contribution in [0.3, 0.4) is 0 Å². The molecule has 5 saturated heterocycles. The number of β-amino-alcohol motifs (C(OH)–C–C–N with tert-alkyl or cyclic N) is 3. The number of pyridine rings is 5. The summed E-state index contributed by atoms with van der Waals surface area (Å²) in [4.78, 5) is 55.2. The number of nitrogens with zero attached hydrogens (tertiary/aromatic N) is 10. The molecule has 30 heteroatoms. The van der Waals surface area contributed by atoms with Gasteiger partial charge in [-0.1, -0.05) is 53.6 Å². The van der Waals surface area contributed by atoms with Gasteiger partial charge in [0.05, 0.1) is 93.9 Å². The number of hydrogen-bond acceptors (Lipinski definition) is 27. The Kier molecular flexibility index (Phi) is 31.5. The number of Topliss-reactive ketones (excluding diaryl/α,β-unsaturated/α-hetero) is 2. The topological polar surface area (TPSA) is 341 Å². The number of halogens is 3. The summed E-state index contributed by atoms with van der Waals surface area (Å²) in [5, 5.41) is 77.4. The van der Waals surface area contributed by atoms with Gasteiger partial charge in [-0.2, -0.15) is 8.78 Å². The second-order valence-corrected chi connectivity index (χ2v) is 37.9. The minimum absolute atomic E-state index is 0.000783.